The lowest BCUT2D eigenvalue weighted by molar-refractivity contribution is 0.0500. The highest BCUT2D eigenvalue weighted by molar-refractivity contribution is 5.67. The summed E-state index contributed by atoms with van der Waals surface area (Å²) in [7, 11) is 1.74. The van der Waals surface area contributed by atoms with Crippen molar-refractivity contribution in [3.8, 4) is 0 Å². The Hall–Kier alpha value is -0.850. The molecule has 0 saturated heterocycles. The lowest BCUT2D eigenvalue weighted by atomic mass is 9.89. The fraction of sp³-hybridized carbons (Fsp3) is 0.929. The highest BCUT2D eigenvalue weighted by atomic mass is 16.6. The topological polar surface area (TPSA) is 85.6 Å². The van der Waals surface area contributed by atoms with E-state index in [1.807, 2.05) is 20.8 Å². The lowest BCUT2D eigenvalue weighted by Crippen LogP contribution is -2.52. The maximum absolute atomic E-state index is 11.5. The Morgan fingerprint density at radius 2 is 2.00 bits per heavy atom. The van der Waals surface area contributed by atoms with Crippen LogP contribution in [0.5, 0.6) is 0 Å². The molecule has 1 amide bonds. The summed E-state index contributed by atoms with van der Waals surface area (Å²) >= 11 is 0. The molecule has 0 bridgehead atoms. The van der Waals surface area contributed by atoms with Crippen LogP contribution in [0.2, 0.25) is 0 Å². The van der Waals surface area contributed by atoms with Gasteiger partial charge in [-0.25, -0.2) is 4.79 Å². The van der Waals surface area contributed by atoms with Gasteiger partial charge in [0, 0.05) is 32.3 Å². The van der Waals surface area contributed by atoms with Crippen molar-refractivity contribution in [2.45, 2.75) is 63.8 Å². The molecule has 0 aromatic rings. The molecular formula is C14H29N3O3. The third-order valence-corrected chi connectivity index (χ3v) is 3.39. The number of methoxy groups -OCH3 is 1. The first-order valence-corrected chi connectivity index (χ1v) is 7.30. The third kappa shape index (κ3) is 6.54. The van der Waals surface area contributed by atoms with Gasteiger partial charge < -0.3 is 25.8 Å². The fourth-order valence-corrected chi connectivity index (χ4v) is 2.34. The highest BCUT2D eigenvalue weighted by Crippen LogP contribution is 2.19. The van der Waals surface area contributed by atoms with E-state index in [0.29, 0.717) is 13.1 Å². The van der Waals surface area contributed by atoms with Gasteiger partial charge in [0.2, 0.25) is 0 Å². The zero-order valence-corrected chi connectivity index (χ0v) is 13.1. The van der Waals surface area contributed by atoms with Crippen LogP contribution in [-0.4, -0.2) is 50.1 Å². The Morgan fingerprint density at radius 3 is 2.60 bits per heavy atom. The number of hydrogen-bond donors (Lipinski definition) is 3. The average molecular weight is 287 g/mol. The number of rotatable bonds is 5. The third-order valence-electron chi connectivity index (χ3n) is 3.39. The van der Waals surface area contributed by atoms with Gasteiger partial charge in [-0.05, 0) is 40.0 Å². The van der Waals surface area contributed by atoms with Crippen LogP contribution >= 0.6 is 0 Å². The van der Waals surface area contributed by atoms with Crippen molar-refractivity contribution < 1.29 is 14.3 Å². The molecule has 0 heterocycles. The summed E-state index contributed by atoms with van der Waals surface area (Å²) in [4.78, 5) is 11.5. The predicted molar refractivity (Wildman–Crippen MR) is 78.7 cm³/mol. The van der Waals surface area contributed by atoms with Crippen LogP contribution in [-0.2, 0) is 9.47 Å². The summed E-state index contributed by atoms with van der Waals surface area (Å²) in [6, 6.07) is 0.400. The molecule has 4 N–H and O–H groups in total. The maximum Gasteiger partial charge on any atom is 0.407 e. The minimum absolute atomic E-state index is 0.155. The van der Waals surface area contributed by atoms with Crippen LogP contribution in [0.15, 0.2) is 0 Å². The summed E-state index contributed by atoms with van der Waals surface area (Å²) < 4.78 is 10.5. The largest absolute Gasteiger partial charge is 0.444 e. The first-order valence-electron chi connectivity index (χ1n) is 7.30. The first kappa shape index (κ1) is 17.2. The number of alkyl carbamates (subject to hydrolysis) is 1. The van der Waals surface area contributed by atoms with Gasteiger partial charge in [-0.1, -0.05) is 0 Å². The standard InChI is InChI=1S/C14H29N3O3/c1-14(2,3)20-13(18)17-8-7-16-12-9-10(19-4)5-6-11(12)15/h10-12,16H,5-9,15H2,1-4H3,(H,17,18). The van der Waals surface area contributed by atoms with Gasteiger partial charge in [0.1, 0.15) is 5.60 Å². The van der Waals surface area contributed by atoms with E-state index in [0.717, 1.165) is 19.3 Å². The van der Waals surface area contributed by atoms with Gasteiger partial charge in [0.05, 0.1) is 6.10 Å². The van der Waals surface area contributed by atoms with Gasteiger partial charge in [0.15, 0.2) is 0 Å². The monoisotopic (exact) mass is 287 g/mol. The highest BCUT2D eigenvalue weighted by Gasteiger charge is 2.27. The number of nitrogens with one attached hydrogen (secondary N) is 2. The normalized spacial score (nSPS) is 27.1. The molecule has 20 heavy (non-hydrogen) atoms. The van der Waals surface area contributed by atoms with Gasteiger partial charge in [-0.3, -0.25) is 0 Å². The Balaban J connectivity index is 2.18. The van der Waals surface area contributed by atoms with Gasteiger partial charge in [-0.2, -0.15) is 0 Å². The molecule has 1 rings (SSSR count). The Morgan fingerprint density at radius 1 is 1.30 bits per heavy atom. The summed E-state index contributed by atoms with van der Waals surface area (Å²) in [5.74, 6) is 0. The van der Waals surface area contributed by atoms with E-state index in [4.69, 9.17) is 15.2 Å². The number of amides is 1. The van der Waals surface area contributed by atoms with Crippen LogP contribution in [0.1, 0.15) is 40.0 Å². The SMILES string of the molecule is COC1CCC(N)C(NCCNC(=O)OC(C)(C)C)C1. The minimum Gasteiger partial charge on any atom is -0.444 e. The Bertz CT molecular complexity index is 305. The molecule has 1 aliphatic rings. The van der Waals surface area contributed by atoms with Crippen LogP contribution < -0.4 is 16.4 Å². The van der Waals surface area contributed by atoms with Crippen LogP contribution in [0, 0.1) is 0 Å². The Kier molecular flexibility index (Phi) is 6.71. The fourth-order valence-electron chi connectivity index (χ4n) is 2.34. The summed E-state index contributed by atoms with van der Waals surface area (Å²) in [5, 5.41) is 6.10. The van der Waals surface area contributed by atoms with Gasteiger partial charge in [-0.15, -0.1) is 0 Å². The van der Waals surface area contributed by atoms with Crippen molar-refractivity contribution in [3.63, 3.8) is 0 Å². The van der Waals surface area contributed by atoms with E-state index in [9.17, 15) is 4.79 Å². The van der Waals surface area contributed by atoms with Crippen molar-refractivity contribution >= 4 is 6.09 Å². The number of hydrogen-bond acceptors (Lipinski definition) is 5. The molecule has 3 unspecified atom stereocenters. The number of carbonyl (C=O) groups excluding carboxylic acids is 1. The van der Waals surface area contributed by atoms with Crippen molar-refractivity contribution in [2.24, 2.45) is 5.73 Å². The molecule has 1 fully saturated rings. The second kappa shape index (κ2) is 7.81. The van der Waals surface area contributed by atoms with Crippen LogP contribution in [0.3, 0.4) is 0 Å². The molecule has 118 valence electrons. The van der Waals surface area contributed by atoms with E-state index < -0.39 is 5.60 Å². The quantitative estimate of drug-likeness (QED) is 0.657. The molecule has 6 nitrogen and oxygen atoms in total. The maximum atomic E-state index is 11.5. The second-order valence-electron chi connectivity index (χ2n) is 6.32. The zero-order valence-electron chi connectivity index (χ0n) is 13.1. The smallest absolute Gasteiger partial charge is 0.407 e. The summed E-state index contributed by atoms with van der Waals surface area (Å²) in [6.45, 7) is 6.73. The zero-order chi connectivity index (χ0) is 15.2. The van der Waals surface area contributed by atoms with E-state index in [1.165, 1.54) is 0 Å². The van der Waals surface area contributed by atoms with Crippen molar-refractivity contribution in [1.29, 1.82) is 0 Å². The molecule has 6 heteroatoms. The second-order valence-corrected chi connectivity index (χ2v) is 6.32. The Labute approximate surface area is 121 Å². The molecule has 0 radical (unpaired) electrons. The van der Waals surface area contributed by atoms with Crippen molar-refractivity contribution in [3.05, 3.63) is 0 Å². The number of ether oxygens (including phenoxy) is 2. The molecule has 0 aliphatic heterocycles. The molecular weight excluding hydrogens is 258 g/mol. The lowest BCUT2D eigenvalue weighted by Gasteiger charge is -2.34. The predicted octanol–water partition coefficient (Wildman–Crippen LogP) is 0.996. The van der Waals surface area contributed by atoms with Crippen LogP contribution in [0.4, 0.5) is 4.79 Å². The van der Waals surface area contributed by atoms with E-state index in [-0.39, 0.29) is 24.3 Å². The molecule has 0 aromatic carbocycles. The van der Waals surface area contributed by atoms with Crippen molar-refractivity contribution in [1.82, 2.24) is 10.6 Å². The summed E-state index contributed by atoms with van der Waals surface area (Å²) in [6.07, 6.45) is 2.80. The number of nitrogens with two attached hydrogens (primary N) is 1. The molecule has 1 saturated carbocycles. The van der Waals surface area contributed by atoms with E-state index in [1.54, 1.807) is 7.11 Å². The van der Waals surface area contributed by atoms with E-state index in [2.05, 4.69) is 10.6 Å². The molecule has 0 aromatic heterocycles. The molecule has 3 atom stereocenters. The van der Waals surface area contributed by atoms with E-state index >= 15 is 0 Å². The van der Waals surface area contributed by atoms with Crippen LogP contribution in [0.25, 0.3) is 0 Å². The summed E-state index contributed by atoms with van der Waals surface area (Å²) in [5.41, 5.74) is 5.63. The van der Waals surface area contributed by atoms with Crippen molar-refractivity contribution in [2.75, 3.05) is 20.2 Å². The average Bonchev–Trinajstić information content (AvgIpc) is 2.34. The number of carbonyl (C=O) groups is 1. The molecule has 1 aliphatic carbocycles. The molecule has 0 spiro atoms. The van der Waals surface area contributed by atoms with Gasteiger partial charge in [0.25, 0.3) is 0 Å². The van der Waals surface area contributed by atoms with Gasteiger partial charge >= 0.3 is 6.09 Å². The first-order chi connectivity index (χ1) is 9.31. The minimum atomic E-state index is -0.463.